The zero-order valence-corrected chi connectivity index (χ0v) is 15.0. The van der Waals surface area contributed by atoms with Crippen LogP contribution in [0.1, 0.15) is 18.4 Å². The number of benzene rings is 2. The molecule has 3 rings (SSSR count). The average Bonchev–Trinajstić information content (AvgIpc) is 2.58. The minimum atomic E-state index is -3.99. The van der Waals surface area contributed by atoms with E-state index in [2.05, 4.69) is 5.32 Å². The summed E-state index contributed by atoms with van der Waals surface area (Å²) in [6, 6.07) is 6.30. The van der Waals surface area contributed by atoms with Gasteiger partial charge in [0.05, 0.1) is 16.6 Å². The van der Waals surface area contributed by atoms with Gasteiger partial charge in [-0.2, -0.15) is 0 Å². The topological polar surface area (TPSA) is 49.4 Å². The number of fused-ring (bicyclic) bond motifs is 1. The highest BCUT2D eigenvalue weighted by Gasteiger charge is 2.40. The molecule has 0 bridgehead atoms. The standard InChI is InChI=1S/C18H19F3N2O2S/c1-22-8-2-3-15-10-12-9-13(19)5-7-17(12)23(26(15,24)25)18-11-14(20)4-6-16(18)21/h4-7,9,11,15,22H,2-3,8,10H2,1H3/t15-/m1/s1. The summed E-state index contributed by atoms with van der Waals surface area (Å²) in [5, 5.41) is 2.10. The predicted octanol–water partition coefficient (Wildman–Crippen LogP) is 3.50. The molecule has 0 aromatic heterocycles. The smallest absolute Gasteiger partial charge is 0.242 e. The summed E-state index contributed by atoms with van der Waals surface area (Å²) >= 11 is 0. The molecule has 0 amide bonds. The fraction of sp³-hybridized carbons (Fsp3) is 0.333. The van der Waals surface area contributed by atoms with Crippen molar-refractivity contribution >= 4 is 21.4 Å². The van der Waals surface area contributed by atoms with Gasteiger partial charge >= 0.3 is 0 Å². The number of sulfonamides is 1. The summed E-state index contributed by atoms with van der Waals surface area (Å²) in [5.41, 5.74) is 0.217. The number of nitrogens with one attached hydrogen (secondary N) is 1. The largest absolute Gasteiger partial charge is 0.320 e. The number of anilines is 2. The van der Waals surface area contributed by atoms with Crippen LogP contribution < -0.4 is 9.62 Å². The lowest BCUT2D eigenvalue weighted by molar-refractivity contribution is 0.550. The molecule has 1 atom stereocenters. The Morgan fingerprint density at radius 2 is 1.77 bits per heavy atom. The molecule has 0 radical (unpaired) electrons. The summed E-state index contributed by atoms with van der Waals surface area (Å²) in [7, 11) is -2.23. The van der Waals surface area contributed by atoms with Gasteiger partial charge in [0.15, 0.2) is 0 Å². The number of halogens is 3. The van der Waals surface area contributed by atoms with E-state index in [4.69, 9.17) is 0 Å². The Morgan fingerprint density at radius 3 is 2.50 bits per heavy atom. The first-order valence-electron chi connectivity index (χ1n) is 8.27. The van der Waals surface area contributed by atoms with Gasteiger partial charge in [-0.05, 0) is 68.8 Å². The number of hydrogen-bond acceptors (Lipinski definition) is 3. The molecular weight excluding hydrogens is 365 g/mol. The first-order valence-corrected chi connectivity index (χ1v) is 9.77. The second-order valence-corrected chi connectivity index (χ2v) is 8.31. The predicted molar refractivity (Wildman–Crippen MR) is 94.5 cm³/mol. The van der Waals surface area contributed by atoms with Crippen molar-refractivity contribution in [2.24, 2.45) is 0 Å². The third kappa shape index (κ3) is 3.43. The molecule has 1 aliphatic heterocycles. The molecule has 140 valence electrons. The molecule has 2 aromatic carbocycles. The van der Waals surface area contributed by atoms with Crippen molar-refractivity contribution in [1.29, 1.82) is 0 Å². The van der Waals surface area contributed by atoms with Crippen LogP contribution in [0.2, 0.25) is 0 Å². The molecule has 4 nitrogen and oxygen atoms in total. The Bertz CT molecular complexity index is 919. The molecule has 26 heavy (non-hydrogen) atoms. The second kappa shape index (κ2) is 7.28. The fourth-order valence-electron chi connectivity index (χ4n) is 3.22. The van der Waals surface area contributed by atoms with Crippen molar-refractivity contribution in [3.63, 3.8) is 0 Å². The van der Waals surface area contributed by atoms with Gasteiger partial charge in [-0.3, -0.25) is 0 Å². The van der Waals surface area contributed by atoms with E-state index < -0.39 is 38.4 Å². The molecule has 0 fully saturated rings. The van der Waals surface area contributed by atoms with E-state index in [0.29, 0.717) is 24.9 Å². The normalized spacial score (nSPS) is 18.6. The third-order valence-electron chi connectivity index (χ3n) is 4.46. The first-order chi connectivity index (χ1) is 12.3. The molecule has 8 heteroatoms. The van der Waals surface area contributed by atoms with Crippen LogP contribution in [0.3, 0.4) is 0 Å². The van der Waals surface area contributed by atoms with E-state index in [-0.39, 0.29) is 12.1 Å². The van der Waals surface area contributed by atoms with Crippen molar-refractivity contribution in [1.82, 2.24) is 5.32 Å². The summed E-state index contributed by atoms with van der Waals surface area (Å²) in [6.07, 6.45) is 1.05. The summed E-state index contributed by atoms with van der Waals surface area (Å²) in [5.74, 6) is -2.12. The van der Waals surface area contributed by atoms with Crippen molar-refractivity contribution in [2.75, 3.05) is 17.9 Å². The van der Waals surface area contributed by atoms with Crippen molar-refractivity contribution in [2.45, 2.75) is 24.5 Å². The minimum Gasteiger partial charge on any atom is -0.320 e. The Kier molecular flexibility index (Phi) is 5.24. The SMILES string of the molecule is CNCCC[C@@H]1Cc2cc(F)ccc2N(c2cc(F)ccc2F)S1(=O)=O. The zero-order valence-electron chi connectivity index (χ0n) is 14.2. The van der Waals surface area contributed by atoms with Gasteiger partial charge in [-0.15, -0.1) is 0 Å². The van der Waals surface area contributed by atoms with E-state index in [1.807, 2.05) is 0 Å². The van der Waals surface area contributed by atoms with Gasteiger partial charge < -0.3 is 5.32 Å². The van der Waals surface area contributed by atoms with E-state index in [0.717, 1.165) is 28.6 Å². The van der Waals surface area contributed by atoms with Crippen LogP contribution in [-0.4, -0.2) is 27.3 Å². The zero-order chi connectivity index (χ0) is 18.9. The molecule has 1 N–H and O–H groups in total. The lowest BCUT2D eigenvalue weighted by atomic mass is 10.0. The monoisotopic (exact) mass is 384 g/mol. The van der Waals surface area contributed by atoms with Crippen LogP contribution in [0, 0.1) is 17.5 Å². The first kappa shape index (κ1) is 18.7. The van der Waals surface area contributed by atoms with Crippen LogP contribution >= 0.6 is 0 Å². The van der Waals surface area contributed by atoms with Crippen molar-refractivity contribution in [3.05, 3.63) is 59.4 Å². The molecule has 0 saturated carbocycles. The van der Waals surface area contributed by atoms with Gasteiger partial charge in [0.1, 0.15) is 17.5 Å². The maximum atomic E-state index is 14.3. The van der Waals surface area contributed by atoms with E-state index >= 15 is 0 Å². The highest BCUT2D eigenvalue weighted by Crippen LogP contribution is 2.41. The summed E-state index contributed by atoms with van der Waals surface area (Å²) < 4.78 is 68.8. The van der Waals surface area contributed by atoms with Gasteiger partial charge in [-0.1, -0.05) is 0 Å². The fourth-order valence-corrected chi connectivity index (χ4v) is 5.24. The number of nitrogens with zero attached hydrogens (tertiary/aromatic N) is 1. The lowest BCUT2D eigenvalue weighted by Crippen LogP contribution is -2.42. The van der Waals surface area contributed by atoms with Crippen LogP contribution in [-0.2, 0) is 16.4 Å². The van der Waals surface area contributed by atoms with Gasteiger partial charge in [0.2, 0.25) is 10.0 Å². The second-order valence-electron chi connectivity index (χ2n) is 6.25. The Labute approximate surface area is 150 Å². The van der Waals surface area contributed by atoms with Crippen LogP contribution in [0.4, 0.5) is 24.5 Å². The molecular formula is C18H19F3N2O2S. The van der Waals surface area contributed by atoms with Crippen LogP contribution in [0.15, 0.2) is 36.4 Å². The van der Waals surface area contributed by atoms with Crippen molar-refractivity contribution in [3.8, 4) is 0 Å². The van der Waals surface area contributed by atoms with E-state index in [9.17, 15) is 21.6 Å². The Hall–Kier alpha value is -2.06. The Morgan fingerprint density at radius 1 is 1.08 bits per heavy atom. The molecule has 1 heterocycles. The average molecular weight is 384 g/mol. The van der Waals surface area contributed by atoms with Gasteiger partial charge in [0, 0.05) is 6.07 Å². The highest BCUT2D eigenvalue weighted by molar-refractivity contribution is 7.93. The molecule has 2 aromatic rings. The van der Waals surface area contributed by atoms with E-state index in [1.165, 1.54) is 12.1 Å². The van der Waals surface area contributed by atoms with Gasteiger partial charge in [-0.25, -0.2) is 25.9 Å². The van der Waals surface area contributed by atoms with Gasteiger partial charge in [0.25, 0.3) is 0 Å². The molecule has 0 spiro atoms. The third-order valence-corrected chi connectivity index (χ3v) is 6.61. The lowest BCUT2D eigenvalue weighted by Gasteiger charge is -2.35. The number of hydrogen-bond donors (Lipinski definition) is 1. The highest BCUT2D eigenvalue weighted by atomic mass is 32.2. The van der Waals surface area contributed by atoms with Crippen LogP contribution in [0.25, 0.3) is 0 Å². The maximum Gasteiger partial charge on any atom is 0.242 e. The maximum absolute atomic E-state index is 14.3. The summed E-state index contributed by atoms with van der Waals surface area (Å²) in [6.45, 7) is 0.621. The quantitative estimate of drug-likeness (QED) is 0.803. The summed E-state index contributed by atoms with van der Waals surface area (Å²) in [4.78, 5) is 0. The number of rotatable bonds is 5. The van der Waals surface area contributed by atoms with Crippen molar-refractivity contribution < 1.29 is 21.6 Å². The van der Waals surface area contributed by atoms with E-state index in [1.54, 1.807) is 7.05 Å². The molecule has 1 aliphatic rings. The van der Waals surface area contributed by atoms with Crippen LogP contribution in [0.5, 0.6) is 0 Å². The Balaban J connectivity index is 2.14. The molecule has 0 unspecified atom stereocenters. The minimum absolute atomic E-state index is 0.132. The molecule has 0 aliphatic carbocycles. The molecule has 0 saturated heterocycles.